The van der Waals surface area contributed by atoms with Gasteiger partial charge in [0.15, 0.2) is 23.4 Å². The van der Waals surface area contributed by atoms with Crippen LogP contribution in [-0.4, -0.2) is 30.5 Å². The van der Waals surface area contributed by atoms with Gasteiger partial charge >= 0.3 is 0 Å². The average Bonchev–Trinajstić information content (AvgIpc) is 2.37. The minimum atomic E-state index is -1.45. The second-order valence-electron chi connectivity index (χ2n) is 4.04. The van der Waals surface area contributed by atoms with Crippen LogP contribution >= 0.6 is 24.0 Å². The molecule has 0 radical (unpaired) electrons. The Morgan fingerprint density at radius 2 is 1.65 bits per heavy atom. The molecule has 0 aliphatic carbocycles. The fourth-order valence-electron chi connectivity index (χ4n) is 1.70. The minimum Gasteiger partial charge on any atom is -0.370 e. The fraction of sp³-hybridized carbons (Fsp3) is 0.462. The summed E-state index contributed by atoms with van der Waals surface area (Å²) in [4.78, 5) is 5.99. The monoisotopic (exact) mass is 401 g/mol. The first kappa shape index (κ1) is 19.0. The number of nitrogens with two attached hydrogens (primary N) is 1. The normalized spacial score (nSPS) is 11.2. The summed E-state index contributed by atoms with van der Waals surface area (Å²) in [6, 6.07) is 1.95. The number of benzene rings is 1. The molecule has 114 valence electrons. The van der Waals surface area contributed by atoms with Crippen LogP contribution in [0.4, 0.5) is 13.2 Å². The number of halogens is 4. The highest BCUT2D eigenvalue weighted by Gasteiger charge is 2.10. The van der Waals surface area contributed by atoms with E-state index < -0.39 is 17.5 Å². The molecular weight excluding hydrogens is 382 g/mol. The maximum absolute atomic E-state index is 13.0. The first-order valence-corrected chi connectivity index (χ1v) is 6.17. The van der Waals surface area contributed by atoms with Crippen LogP contribution in [0.2, 0.25) is 0 Å². The average molecular weight is 401 g/mol. The van der Waals surface area contributed by atoms with Gasteiger partial charge in [-0.05, 0) is 38.0 Å². The molecule has 0 aromatic heterocycles. The SMILES string of the molecule is CCN(CC)C(N)=NCCc1cc(F)c(F)c(F)c1.I. The number of nitrogens with zero attached hydrogens (tertiary/aromatic N) is 2. The Morgan fingerprint density at radius 1 is 1.15 bits per heavy atom. The zero-order chi connectivity index (χ0) is 14.4. The molecule has 0 saturated heterocycles. The Morgan fingerprint density at radius 3 is 2.10 bits per heavy atom. The zero-order valence-corrected chi connectivity index (χ0v) is 13.8. The van der Waals surface area contributed by atoms with Gasteiger partial charge in [-0.1, -0.05) is 0 Å². The lowest BCUT2D eigenvalue weighted by Gasteiger charge is -2.19. The summed E-state index contributed by atoms with van der Waals surface area (Å²) in [5, 5.41) is 0. The van der Waals surface area contributed by atoms with Gasteiger partial charge in [-0.15, -0.1) is 24.0 Å². The predicted octanol–water partition coefficient (Wildman–Crippen LogP) is 2.92. The van der Waals surface area contributed by atoms with Crippen LogP contribution in [0, 0.1) is 17.5 Å². The predicted molar refractivity (Wildman–Crippen MR) is 84.8 cm³/mol. The van der Waals surface area contributed by atoms with Crippen molar-refractivity contribution in [1.29, 1.82) is 0 Å². The molecule has 0 amide bonds. The second kappa shape index (κ2) is 9.04. The lowest BCUT2D eigenvalue weighted by molar-refractivity contribution is 0.445. The summed E-state index contributed by atoms with van der Waals surface area (Å²) in [5.41, 5.74) is 6.11. The van der Waals surface area contributed by atoms with Crippen LogP contribution in [0.5, 0.6) is 0 Å². The largest absolute Gasteiger partial charge is 0.370 e. The molecule has 3 nitrogen and oxygen atoms in total. The van der Waals surface area contributed by atoms with E-state index in [9.17, 15) is 13.2 Å². The van der Waals surface area contributed by atoms with Crippen LogP contribution in [-0.2, 0) is 6.42 Å². The van der Waals surface area contributed by atoms with Crippen molar-refractivity contribution in [1.82, 2.24) is 4.90 Å². The van der Waals surface area contributed by atoms with Crippen molar-refractivity contribution < 1.29 is 13.2 Å². The zero-order valence-electron chi connectivity index (χ0n) is 11.5. The van der Waals surface area contributed by atoms with Crippen molar-refractivity contribution in [2.24, 2.45) is 10.7 Å². The van der Waals surface area contributed by atoms with Gasteiger partial charge in [0, 0.05) is 19.6 Å². The van der Waals surface area contributed by atoms with Crippen molar-refractivity contribution in [2.75, 3.05) is 19.6 Å². The number of hydrogen-bond acceptors (Lipinski definition) is 1. The molecular formula is C13H19F3IN3. The first-order chi connectivity index (χ1) is 8.99. The topological polar surface area (TPSA) is 41.6 Å². The number of rotatable bonds is 5. The third kappa shape index (κ3) is 5.18. The standard InChI is InChI=1S/C13H18F3N3.HI/c1-3-19(4-2)13(17)18-6-5-9-7-10(14)12(16)11(15)8-9;/h7-8H,3-6H2,1-2H3,(H2,17,18);1H. The van der Waals surface area contributed by atoms with Gasteiger partial charge in [-0.25, -0.2) is 13.2 Å². The van der Waals surface area contributed by atoms with Gasteiger partial charge in [0.25, 0.3) is 0 Å². The molecule has 0 heterocycles. The summed E-state index contributed by atoms with van der Waals surface area (Å²) in [6.07, 6.45) is 0.302. The number of aliphatic imine (C=N–C) groups is 1. The maximum atomic E-state index is 13.0. The highest BCUT2D eigenvalue weighted by molar-refractivity contribution is 14.0. The molecule has 2 N–H and O–H groups in total. The van der Waals surface area contributed by atoms with E-state index in [2.05, 4.69) is 4.99 Å². The number of hydrogen-bond donors (Lipinski definition) is 1. The quantitative estimate of drug-likeness (QED) is 0.357. The van der Waals surface area contributed by atoms with Gasteiger partial charge in [-0.3, -0.25) is 4.99 Å². The van der Waals surface area contributed by atoms with E-state index in [4.69, 9.17) is 5.73 Å². The highest BCUT2D eigenvalue weighted by atomic mass is 127. The fourth-order valence-corrected chi connectivity index (χ4v) is 1.70. The summed E-state index contributed by atoms with van der Waals surface area (Å²) < 4.78 is 38.7. The summed E-state index contributed by atoms with van der Waals surface area (Å²) in [6.45, 7) is 5.69. The minimum absolute atomic E-state index is 0. The van der Waals surface area contributed by atoms with E-state index >= 15 is 0 Å². The van der Waals surface area contributed by atoms with Crippen molar-refractivity contribution >= 4 is 29.9 Å². The van der Waals surface area contributed by atoms with E-state index in [-0.39, 0.29) is 24.0 Å². The van der Waals surface area contributed by atoms with Gasteiger partial charge in [0.2, 0.25) is 0 Å². The lowest BCUT2D eigenvalue weighted by Crippen LogP contribution is -2.37. The molecule has 7 heteroatoms. The van der Waals surface area contributed by atoms with Crippen molar-refractivity contribution in [3.05, 3.63) is 35.1 Å². The van der Waals surface area contributed by atoms with E-state index in [1.807, 2.05) is 18.7 Å². The van der Waals surface area contributed by atoms with Crippen LogP contribution in [0.3, 0.4) is 0 Å². The molecule has 0 saturated carbocycles. The van der Waals surface area contributed by atoms with E-state index in [0.717, 1.165) is 25.2 Å². The second-order valence-corrected chi connectivity index (χ2v) is 4.04. The van der Waals surface area contributed by atoms with Crippen molar-refractivity contribution in [2.45, 2.75) is 20.3 Å². The molecule has 0 atom stereocenters. The Balaban J connectivity index is 0.00000361. The van der Waals surface area contributed by atoms with Crippen molar-refractivity contribution in [3.63, 3.8) is 0 Å². The molecule has 20 heavy (non-hydrogen) atoms. The van der Waals surface area contributed by atoms with Gasteiger partial charge in [0.05, 0.1) is 0 Å². The highest BCUT2D eigenvalue weighted by Crippen LogP contribution is 2.13. The molecule has 1 rings (SSSR count). The molecule has 0 aliphatic heterocycles. The molecule has 0 fully saturated rings. The molecule has 0 unspecified atom stereocenters. The van der Waals surface area contributed by atoms with Crippen LogP contribution in [0.1, 0.15) is 19.4 Å². The summed E-state index contributed by atoms with van der Waals surface area (Å²) in [7, 11) is 0. The molecule has 0 spiro atoms. The Bertz CT molecular complexity index is 439. The first-order valence-electron chi connectivity index (χ1n) is 6.17. The van der Waals surface area contributed by atoms with E-state index in [1.165, 1.54) is 0 Å². The van der Waals surface area contributed by atoms with Crippen molar-refractivity contribution in [3.8, 4) is 0 Å². The Labute approximate surface area is 134 Å². The number of guanidine groups is 1. The molecule has 1 aromatic carbocycles. The third-order valence-electron chi connectivity index (χ3n) is 2.81. The van der Waals surface area contributed by atoms with E-state index in [1.54, 1.807) is 0 Å². The Kier molecular flexibility index (Phi) is 8.59. The molecule has 0 bridgehead atoms. The van der Waals surface area contributed by atoms with Gasteiger partial charge in [0.1, 0.15) is 0 Å². The lowest BCUT2D eigenvalue weighted by atomic mass is 10.1. The third-order valence-corrected chi connectivity index (χ3v) is 2.81. The Hall–Kier alpha value is -0.990. The van der Waals surface area contributed by atoms with Crippen LogP contribution in [0.15, 0.2) is 17.1 Å². The van der Waals surface area contributed by atoms with Crippen LogP contribution < -0.4 is 5.73 Å². The van der Waals surface area contributed by atoms with Crippen LogP contribution in [0.25, 0.3) is 0 Å². The van der Waals surface area contributed by atoms with Gasteiger partial charge < -0.3 is 10.6 Å². The smallest absolute Gasteiger partial charge is 0.194 e. The summed E-state index contributed by atoms with van der Waals surface area (Å²) >= 11 is 0. The molecule has 1 aromatic rings. The maximum Gasteiger partial charge on any atom is 0.194 e. The molecule has 0 aliphatic rings. The van der Waals surface area contributed by atoms with Gasteiger partial charge in [-0.2, -0.15) is 0 Å². The summed E-state index contributed by atoms with van der Waals surface area (Å²) in [5.74, 6) is -3.42. The van der Waals surface area contributed by atoms with E-state index in [0.29, 0.717) is 24.5 Å².